The summed E-state index contributed by atoms with van der Waals surface area (Å²) >= 11 is 0. The van der Waals surface area contributed by atoms with Gasteiger partial charge in [-0.2, -0.15) is 8.61 Å². The minimum Gasteiger partial charge on any atom is -0.443 e. The van der Waals surface area contributed by atoms with Crippen molar-refractivity contribution in [3.8, 4) is 0 Å². The first-order valence-corrected chi connectivity index (χ1v) is 23.6. The molecule has 0 aromatic heterocycles. The highest BCUT2D eigenvalue weighted by atomic mass is 32.2. The Morgan fingerprint density at radius 3 is 1.11 bits per heavy atom. The fourth-order valence-electron chi connectivity index (χ4n) is 7.63. The molecule has 0 saturated carbocycles. The Labute approximate surface area is 337 Å². The zero-order valence-corrected chi connectivity index (χ0v) is 38.1. The molecule has 0 aliphatic heterocycles. The Balaban J connectivity index is 1.89. The number of aryl methyl sites for hydroxylation is 9. The molecule has 0 heterocycles. The van der Waals surface area contributed by atoms with E-state index in [9.17, 15) is 30.0 Å². The van der Waals surface area contributed by atoms with Gasteiger partial charge in [-0.3, -0.25) is 0 Å². The van der Waals surface area contributed by atoms with Crippen LogP contribution in [0.25, 0.3) is 0 Å². The molecular weight excluding hydrogens is 771 g/mol. The van der Waals surface area contributed by atoms with Crippen LogP contribution in [0.1, 0.15) is 103 Å². The molecule has 11 nitrogen and oxygen atoms in total. The second-order valence-corrected chi connectivity index (χ2v) is 21.6. The molecule has 1 amide bonds. The lowest BCUT2D eigenvalue weighted by molar-refractivity contribution is 0.0388. The summed E-state index contributed by atoms with van der Waals surface area (Å²) in [6.07, 6.45) is 0.196. The molecule has 3 aromatic rings. The topological polar surface area (TPSA) is 138 Å². The summed E-state index contributed by atoms with van der Waals surface area (Å²) in [6.45, 7) is 23.4. The van der Waals surface area contributed by atoms with Gasteiger partial charge in [-0.1, -0.05) is 60.0 Å². The van der Waals surface area contributed by atoms with Crippen molar-refractivity contribution in [2.75, 3.05) is 32.7 Å². The predicted octanol–water partition coefficient (Wildman–Crippen LogP) is 8.35. The normalized spacial score (nSPS) is 12.8. The van der Waals surface area contributed by atoms with Crippen LogP contribution in [0.4, 0.5) is 4.79 Å². The Morgan fingerprint density at radius 1 is 0.500 bits per heavy atom. The number of amides is 1. The minimum absolute atomic E-state index is 0.0410. The molecule has 14 heteroatoms. The lowest BCUT2D eigenvalue weighted by Gasteiger charge is -2.29. The molecule has 56 heavy (non-hydrogen) atoms. The summed E-state index contributed by atoms with van der Waals surface area (Å²) in [5.41, 5.74) is 5.48. The summed E-state index contributed by atoms with van der Waals surface area (Å²) in [7, 11) is -12.1. The van der Waals surface area contributed by atoms with E-state index >= 15 is 0 Å². The SMILES string of the molecule is CCN(CCCCN(CCCCN(C(=O)OC(C)(C)C)S(=O)(=O)c1c(C)cc(C)cc1C)S(=O)(=O)c1c(C)cc(C)cc1C)S(=O)(=O)c1c(C)cc(C)cc1C. The second-order valence-electron chi connectivity index (χ2n) is 16.1. The van der Waals surface area contributed by atoms with E-state index in [0.29, 0.717) is 51.1 Å². The number of carbonyl (C=O) groups excluding carboxylic acids is 1. The average Bonchev–Trinajstić information content (AvgIpc) is 3.00. The zero-order chi connectivity index (χ0) is 42.6. The van der Waals surface area contributed by atoms with E-state index in [4.69, 9.17) is 4.74 Å². The first-order valence-electron chi connectivity index (χ1n) is 19.2. The van der Waals surface area contributed by atoms with Crippen LogP contribution in [0.2, 0.25) is 0 Å². The van der Waals surface area contributed by atoms with Crippen LogP contribution in [0.15, 0.2) is 51.1 Å². The number of nitrogens with zero attached hydrogens (tertiary/aromatic N) is 3. The molecule has 0 radical (unpaired) electrons. The Bertz CT molecular complexity index is 2170. The van der Waals surface area contributed by atoms with E-state index in [1.807, 2.05) is 45.0 Å². The quantitative estimate of drug-likeness (QED) is 0.124. The van der Waals surface area contributed by atoms with Gasteiger partial charge >= 0.3 is 6.09 Å². The minimum atomic E-state index is -4.33. The van der Waals surface area contributed by atoms with Crippen LogP contribution >= 0.6 is 0 Å². The number of hydrogen-bond donors (Lipinski definition) is 0. The molecule has 0 fully saturated rings. The van der Waals surface area contributed by atoms with Crippen molar-refractivity contribution in [2.45, 2.75) is 136 Å². The summed E-state index contributed by atoms with van der Waals surface area (Å²) in [6, 6.07) is 10.9. The van der Waals surface area contributed by atoms with Crippen molar-refractivity contribution in [1.82, 2.24) is 12.9 Å². The molecule has 0 atom stereocenters. The largest absolute Gasteiger partial charge is 0.443 e. The Kier molecular flexibility index (Phi) is 15.6. The number of rotatable bonds is 17. The summed E-state index contributed by atoms with van der Waals surface area (Å²) in [4.78, 5) is 14.0. The first kappa shape index (κ1) is 47.1. The maximum atomic E-state index is 14.4. The molecule has 3 aromatic carbocycles. The van der Waals surface area contributed by atoms with Gasteiger partial charge < -0.3 is 4.74 Å². The molecule has 0 aliphatic carbocycles. The zero-order valence-electron chi connectivity index (χ0n) is 35.7. The smallest absolute Gasteiger partial charge is 0.424 e. The van der Waals surface area contributed by atoms with Gasteiger partial charge in [0.25, 0.3) is 10.0 Å². The molecular formula is C42H63N3O8S3. The van der Waals surface area contributed by atoms with Gasteiger partial charge in [0.15, 0.2) is 0 Å². The van der Waals surface area contributed by atoms with E-state index < -0.39 is 41.8 Å². The number of carbonyl (C=O) groups is 1. The molecule has 0 saturated heterocycles. The third-order valence-electron chi connectivity index (χ3n) is 9.59. The number of sulfonamides is 3. The van der Waals surface area contributed by atoms with E-state index in [0.717, 1.165) is 21.0 Å². The summed E-state index contributed by atoms with van der Waals surface area (Å²) < 4.78 is 93.8. The Morgan fingerprint density at radius 2 is 0.786 bits per heavy atom. The fourth-order valence-corrected chi connectivity index (χ4v) is 13.2. The summed E-state index contributed by atoms with van der Waals surface area (Å²) in [5.74, 6) is 0. The Hall–Kier alpha value is -3.30. The van der Waals surface area contributed by atoms with Crippen LogP contribution in [0.3, 0.4) is 0 Å². The number of benzene rings is 3. The van der Waals surface area contributed by atoms with Crippen molar-refractivity contribution in [3.05, 3.63) is 86.5 Å². The van der Waals surface area contributed by atoms with Crippen molar-refractivity contribution in [2.24, 2.45) is 0 Å². The van der Waals surface area contributed by atoms with Crippen LogP contribution in [0, 0.1) is 62.3 Å². The maximum absolute atomic E-state index is 14.4. The van der Waals surface area contributed by atoms with Gasteiger partial charge in [0.05, 0.1) is 14.7 Å². The standard InChI is InChI=1S/C42H63N3O8S3/c1-14-43(54(47,48)38-32(5)23-29(2)24-33(38)6)19-15-16-20-44(55(49,50)39-34(7)25-30(3)26-35(39)8)21-17-18-22-45(41(46)53-42(11,12)13)56(51,52)40-36(9)27-31(4)28-37(40)10/h23-28H,14-22H2,1-13H3. The number of ether oxygens (including phenoxy) is 1. The van der Waals surface area contributed by atoms with Gasteiger partial charge in [0.2, 0.25) is 20.0 Å². The highest BCUT2D eigenvalue weighted by Crippen LogP contribution is 2.30. The van der Waals surface area contributed by atoms with Gasteiger partial charge in [-0.25, -0.2) is 34.4 Å². The predicted molar refractivity (Wildman–Crippen MR) is 224 cm³/mol. The monoisotopic (exact) mass is 833 g/mol. The van der Waals surface area contributed by atoms with Gasteiger partial charge in [0.1, 0.15) is 5.60 Å². The lowest BCUT2D eigenvalue weighted by atomic mass is 10.1. The molecule has 3 rings (SSSR count). The van der Waals surface area contributed by atoms with E-state index in [1.165, 1.54) is 8.61 Å². The van der Waals surface area contributed by atoms with Gasteiger partial charge in [-0.15, -0.1) is 0 Å². The highest BCUT2D eigenvalue weighted by Gasteiger charge is 2.35. The van der Waals surface area contributed by atoms with Crippen molar-refractivity contribution in [3.63, 3.8) is 0 Å². The highest BCUT2D eigenvalue weighted by molar-refractivity contribution is 7.90. The fraction of sp³-hybridized carbons (Fsp3) is 0.548. The molecule has 0 spiro atoms. The molecule has 312 valence electrons. The van der Waals surface area contributed by atoms with Crippen LogP contribution < -0.4 is 0 Å². The van der Waals surface area contributed by atoms with E-state index in [1.54, 1.807) is 81.4 Å². The average molecular weight is 834 g/mol. The van der Waals surface area contributed by atoms with Crippen LogP contribution in [0.5, 0.6) is 0 Å². The van der Waals surface area contributed by atoms with Gasteiger partial charge in [-0.05, 0) is 142 Å². The third kappa shape index (κ3) is 11.2. The lowest BCUT2D eigenvalue weighted by Crippen LogP contribution is -2.42. The third-order valence-corrected chi connectivity index (χ3v) is 16.1. The van der Waals surface area contributed by atoms with Crippen LogP contribution in [-0.2, 0) is 34.8 Å². The molecule has 0 unspecified atom stereocenters. The van der Waals surface area contributed by atoms with Crippen LogP contribution in [-0.4, -0.2) is 82.6 Å². The van der Waals surface area contributed by atoms with Gasteiger partial charge in [0, 0.05) is 32.7 Å². The molecule has 0 aliphatic rings. The number of unbranched alkanes of at least 4 members (excludes halogenated alkanes) is 2. The van der Waals surface area contributed by atoms with E-state index in [2.05, 4.69) is 0 Å². The second kappa shape index (κ2) is 18.5. The molecule has 0 bridgehead atoms. The van der Waals surface area contributed by atoms with Crippen molar-refractivity contribution >= 4 is 36.2 Å². The molecule has 0 N–H and O–H groups in total. The maximum Gasteiger partial charge on any atom is 0.424 e. The summed E-state index contributed by atoms with van der Waals surface area (Å²) in [5, 5.41) is 0. The van der Waals surface area contributed by atoms with E-state index in [-0.39, 0.29) is 55.4 Å². The van der Waals surface area contributed by atoms with Crippen molar-refractivity contribution in [1.29, 1.82) is 0 Å². The number of hydrogen-bond acceptors (Lipinski definition) is 8. The van der Waals surface area contributed by atoms with Crippen molar-refractivity contribution < 1.29 is 34.8 Å². The first-order chi connectivity index (χ1) is 25.7.